The summed E-state index contributed by atoms with van der Waals surface area (Å²) in [5, 5.41) is 19.8. The van der Waals surface area contributed by atoms with Crippen LogP contribution in [0.2, 0.25) is 0 Å². The van der Waals surface area contributed by atoms with Crippen molar-refractivity contribution in [3.8, 4) is 16.6 Å². The van der Waals surface area contributed by atoms with Gasteiger partial charge in [0.05, 0.1) is 18.9 Å². The third kappa shape index (κ3) is 2.17. The topological polar surface area (TPSA) is 68.1 Å². The Morgan fingerprint density at radius 3 is 2.69 bits per heavy atom. The summed E-state index contributed by atoms with van der Waals surface area (Å²) in [6, 6.07) is 3.52. The Kier molecular flexibility index (Phi) is 3.12. The number of hydrogen-bond acceptors (Lipinski definition) is 6. The van der Waals surface area contributed by atoms with Crippen LogP contribution in [-0.2, 0) is 0 Å². The predicted molar refractivity (Wildman–Crippen MR) is 60.3 cm³/mol. The van der Waals surface area contributed by atoms with Crippen LogP contribution >= 0.6 is 11.3 Å². The van der Waals surface area contributed by atoms with Crippen LogP contribution < -0.4 is 4.74 Å². The van der Waals surface area contributed by atoms with Crippen molar-refractivity contribution in [3.05, 3.63) is 23.2 Å². The number of aliphatic hydroxyl groups excluding tert-OH is 1. The summed E-state index contributed by atoms with van der Waals surface area (Å²) in [5.74, 6) is 0.469. The molecule has 0 bridgehead atoms. The predicted octanol–water partition coefficient (Wildman–Crippen LogP) is 1.66. The molecule has 0 fully saturated rings. The van der Waals surface area contributed by atoms with E-state index in [0.29, 0.717) is 17.3 Å². The lowest BCUT2D eigenvalue weighted by molar-refractivity contribution is 0.195. The third-order valence-corrected chi connectivity index (χ3v) is 2.90. The first-order valence-corrected chi connectivity index (χ1v) is 5.60. The Labute approximate surface area is 96.8 Å². The molecule has 0 aliphatic rings. The van der Waals surface area contributed by atoms with E-state index in [2.05, 4.69) is 15.2 Å². The van der Waals surface area contributed by atoms with E-state index in [1.54, 1.807) is 26.2 Å². The van der Waals surface area contributed by atoms with Crippen molar-refractivity contribution in [1.29, 1.82) is 0 Å². The van der Waals surface area contributed by atoms with Gasteiger partial charge in [-0.25, -0.2) is 4.98 Å². The summed E-state index contributed by atoms with van der Waals surface area (Å²) in [6.45, 7) is 1.68. The van der Waals surface area contributed by atoms with Crippen LogP contribution in [-0.4, -0.2) is 27.4 Å². The summed E-state index contributed by atoms with van der Waals surface area (Å²) in [6.07, 6.45) is -0.559. The number of hydrogen-bond donors (Lipinski definition) is 1. The van der Waals surface area contributed by atoms with E-state index in [4.69, 9.17) is 4.74 Å². The second kappa shape index (κ2) is 4.54. The Balaban J connectivity index is 2.28. The van der Waals surface area contributed by atoms with Crippen LogP contribution in [0.1, 0.15) is 18.7 Å². The van der Waals surface area contributed by atoms with Crippen molar-refractivity contribution in [2.75, 3.05) is 7.11 Å². The molecule has 1 N–H and O–H groups in total. The third-order valence-electron chi connectivity index (χ3n) is 2.02. The lowest BCUT2D eigenvalue weighted by Crippen LogP contribution is -1.93. The molecule has 16 heavy (non-hydrogen) atoms. The standard InChI is InChI=1S/C10H11N3O2S/c1-6(14)8-5-16-10(11-8)7-3-4-9(15-2)13-12-7/h3-6,14H,1-2H3. The Bertz CT molecular complexity index is 467. The average molecular weight is 237 g/mol. The van der Waals surface area contributed by atoms with Gasteiger partial charge in [-0.2, -0.15) is 0 Å². The maximum Gasteiger partial charge on any atom is 0.233 e. The summed E-state index contributed by atoms with van der Waals surface area (Å²) in [5.41, 5.74) is 1.33. The monoisotopic (exact) mass is 237 g/mol. The van der Waals surface area contributed by atoms with E-state index < -0.39 is 6.10 Å². The van der Waals surface area contributed by atoms with Crippen LogP contribution in [0.5, 0.6) is 5.88 Å². The first-order chi connectivity index (χ1) is 7.70. The van der Waals surface area contributed by atoms with Crippen molar-refractivity contribution >= 4 is 11.3 Å². The second-order valence-electron chi connectivity index (χ2n) is 3.21. The fourth-order valence-electron chi connectivity index (χ4n) is 1.14. The second-order valence-corrected chi connectivity index (χ2v) is 4.07. The molecule has 0 spiro atoms. The van der Waals surface area contributed by atoms with E-state index in [1.165, 1.54) is 11.3 Å². The highest BCUT2D eigenvalue weighted by atomic mass is 32.1. The highest BCUT2D eigenvalue weighted by Gasteiger charge is 2.09. The molecule has 6 heteroatoms. The van der Waals surface area contributed by atoms with Gasteiger partial charge >= 0.3 is 0 Å². The largest absolute Gasteiger partial charge is 0.480 e. The zero-order valence-corrected chi connectivity index (χ0v) is 9.73. The molecular weight excluding hydrogens is 226 g/mol. The van der Waals surface area contributed by atoms with Crippen molar-refractivity contribution in [1.82, 2.24) is 15.2 Å². The molecule has 84 valence electrons. The first-order valence-electron chi connectivity index (χ1n) is 4.72. The van der Waals surface area contributed by atoms with Gasteiger partial charge in [-0.05, 0) is 13.0 Å². The molecule has 1 atom stereocenters. The van der Waals surface area contributed by atoms with Gasteiger partial charge in [-0.1, -0.05) is 0 Å². The zero-order chi connectivity index (χ0) is 11.5. The number of methoxy groups -OCH3 is 1. The summed E-state index contributed by atoms with van der Waals surface area (Å²) in [7, 11) is 1.54. The number of aliphatic hydroxyl groups is 1. The quantitative estimate of drug-likeness (QED) is 0.879. The van der Waals surface area contributed by atoms with Gasteiger partial charge < -0.3 is 9.84 Å². The fourth-order valence-corrected chi connectivity index (χ4v) is 2.01. The van der Waals surface area contributed by atoms with Crippen molar-refractivity contribution in [3.63, 3.8) is 0 Å². The molecule has 0 aliphatic heterocycles. The summed E-state index contributed by atoms with van der Waals surface area (Å²) in [4.78, 5) is 4.26. The van der Waals surface area contributed by atoms with Gasteiger partial charge in [0.25, 0.3) is 0 Å². The molecular formula is C10H11N3O2S. The van der Waals surface area contributed by atoms with Gasteiger partial charge in [0.2, 0.25) is 5.88 Å². The maximum atomic E-state index is 9.35. The number of ether oxygens (including phenoxy) is 1. The average Bonchev–Trinajstić information content (AvgIpc) is 2.78. The van der Waals surface area contributed by atoms with Crippen molar-refractivity contribution in [2.24, 2.45) is 0 Å². The Morgan fingerprint density at radius 2 is 2.19 bits per heavy atom. The van der Waals surface area contributed by atoms with E-state index >= 15 is 0 Å². The molecule has 2 aromatic rings. The summed E-state index contributed by atoms with van der Waals surface area (Å²) < 4.78 is 4.92. The van der Waals surface area contributed by atoms with Gasteiger partial charge in [0.15, 0.2) is 0 Å². The number of rotatable bonds is 3. The molecule has 2 heterocycles. The number of thiazole rings is 1. The smallest absolute Gasteiger partial charge is 0.233 e. The lowest BCUT2D eigenvalue weighted by Gasteiger charge is -1.98. The van der Waals surface area contributed by atoms with E-state index in [1.807, 2.05) is 5.38 Å². The van der Waals surface area contributed by atoms with Crippen LogP contribution in [0, 0.1) is 0 Å². The highest BCUT2D eigenvalue weighted by molar-refractivity contribution is 7.13. The van der Waals surface area contributed by atoms with Gasteiger partial charge in [0, 0.05) is 11.4 Å². The normalized spacial score (nSPS) is 12.4. The highest BCUT2D eigenvalue weighted by Crippen LogP contribution is 2.24. The number of nitrogens with zero attached hydrogens (tertiary/aromatic N) is 3. The Morgan fingerprint density at radius 1 is 1.38 bits per heavy atom. The van der Waals surface area contributed by atoms with Crippen LogP contribution in [0.4, 0.5) is 0 Å². The molecule has 0 radical (unpaired) electrons. The molecule has 1 unspecified atom stereocenters. The minimum absolute atomic E-state index is 0.469. The van der Waals surface area contributed by atoms with Crippen LogP contribution in [0.15, 0.2) is 17.5 Å². The Hall–Kier alpha value is -1.53. The molecule has 0 aromatic carbocycles. The van der Waals surface area contributed by atoms with Crippen molar-refractivity contribution < 1.29 is 9.84 Å². The minimum Gasteiger partial charge on any atom is -0.480 e. The lowest BCUT2D eigenvalue weighted by atomic mass is 10.3. The van der Waals surface area contributed by atoms with Crippen LogP contribution in [0.25, 0.3) is 10.7 Å². The molecule has 0 aliphatic carbocycles. The number of aromatic nitrogens is 3. The van der Waals surface area contributed by atoms with E-state index in [0.717, 1.165) is 5.01 Å². The fraction of sp³-hybridized carbons (Fsp3) is 0.300. The van der Waals surface area contributed by atoms with Gasteiger partial charge in [0.1, 0.15) is 10.7 Å². The zero-order valence-electron chi connectivity index (χ0n) is 8.91. The van der Waals surface area contributed by atoms with E-state index in [-0.39, 0.29) is 0 Å². The first kappa shape index (κ1) is 11.0. The molecule has 2 aromatic heterocycles. The summed E-state index contributed by atoms with van der Waals surface area (Å²) >= 11 is 1.43. The van der Waals surface area contributed by atoms with Crippen molar-refractivity contribution in [2.45, 2.75) is 13.0 Å². The molecule has 0 amide bonds. The molecule has 0 saturated carbocycles. The molecule has 2 rings (SSSR count). The molecule has 0 saturated heterocycles. The minimum atomic E-state index is -0.559. The van der Waals surface area contributed by atoms with Crippen LogP contribution in [0.3, 0.4) is 0 Å². The van der Waals surface area contributed by atoms with Gasteiger partial charge in [-0.3, -0.25) is 0 Å². The maximum absolute atomic E-state index is 9.35. The van der Waals surface area contributed by atoms with Gasteiger partial charge in [-0.15, -0.1) is 21.5 Å². The molecule has 5 nitrogen and oxygen atoms in total. The van der Waals surface area contributed by atoms with E-state index in [9.17, 15) is 5.11 Å². The SMILES string of the molecule is COc1ccc(-c2nc(C(C)O)cs2)nn1.